The van der Waals surface area contributed by atoms with Crippen molar-refractivity contribution in [2.24, 2.45) is 5.41 Å². The smallest absolute Gasteiger partial charge is 0.244 e. The molecule has 1 amide bonds. The molecule has 90 valence electrons. The number of carbonyl (C=O) groups excluding carboxylic acids is 1. The van der Waals surface area contributed by atoms with E-state index in [1.54, 1.807) is 0 Å². The van der Waals surface area contributed by atoms with Gasteiger partial charge in [0.1, 0.15) is 5.41 Å². The van der Waals surface area contributed by atoms with Gasteiger partial charge in [0, 0.05) is 11.8 Å². The van der Waals surface area contributed by atoms with Crippen LogP contribution in [0.3, 0.4) is 0 Å². The lowest BCUT2D eigenvalue weighted by Crippen LogP contribution is -2.29. The number of amides is 1. The summed E-state index contributed by atoms with van der Waals surface area (Å²) in [4.78, 5) is 11.7. The molecule has 1 rings (SSSR count). The summed E-state index contributed by atoms with van der Waals surface area (Å²) < 4.78 is 17.9. The van der Waals surface area contributed by atoms with Crippen LogP contribution in [-0.2, 0) is 4.79 Å². The Labute approximate surface area is 99.0 Å². The van der Waals surface area contributed by atoms with Crippen molar-refractivity contribution in [3.8, 4) is 11.8 Å². The second kappa shape index (κ2) is 4.83. The predicted molar refractivity (Wildman–Crippen MR) is 61.0 cm³/mol. The lowest BCUT2D eigenvalue weighted by molar-refractivity contribution is -0.121. The summed E-state index contributed by atoms with van der Waals surface area (Å²) in [6.07, 6.45) is 0. The molecule has 4 nitrogen and oxygen atoms in total. The summed E-state index contributed by atoms with van der Waals surface area (Å²) in [5, 5.41) is 11.3. The van der Waals surface area contributed by atoms with Gasteiger partial charge in [0.2, 0.25) is 5.91 Å². The zero-order chi connectivity index (χ0) is 13.1. The van der Waals surface area contributed by atoms with Gasteiger partial charge in [-0.25, -0.2) is 4.39 Å². The molecule has 1 aromatic carbocycles. The van der Waals surface area contributed by atoms with Crippen LogP contribution in [0, 0.1) is 22.6 Å². The fraction of sp³-hybridized carbons (Fsp3) is 0.333. The van der Waals surface area contributed by atoms with E-state index in [1.807, 2.05) is 6.07 Å². The molecule has 0 aliphatic rings. The molecule has 0 heterocycles. The van der Waals surface area contributed by atoms with Crippen LogP contribution in [0.4, 0.5) is 10.1 Å². The first-order valence-electron chi connectivity index (χ1n) is 4.97. The van der Waals surface area contributed by atoms with Gasteiger partial charge < -0.3 is 10.1 Å². The van der Waals surface area contributed by atoms with Gasteiger partial charge in [-0.1, -0.05) is 0 Å². The zero-order valence-corrected chi connectivity index (χ0v) is 9.87. The van der Waals surface area contributed by atoms with E-state index in [-0.39, 0.29) is 5.75 Å². The number of halogens is 1. The summed E-state index contributed by atoms with van der Waals surface area (Å²) in [6, 6.07) is 5.84. The third-order valence-electron chi connectivity index (χ3n) is 2.26. The van der Waals surface area contributed by atoms with Crippen LogP contribution in [0.5, 0.6) is 5.75 Å². The molecule has 0 aliphatic carbocycles. The molecule has 0 radical (unpaired) electrons. The molecule has 0 atom stereocenters. The molecule has 0 fully saturated rings. The second-order valence-corrected chi connectivity index (χ2v) is 4.04. The molecule has 17 heavy (non-hydrogen) atoms. The molecule has 1 aromatic rings. The highest BCUT2D eigenvalue weighted by Crippen LogP contribution is 2.23. The molecule has 1 N–H and O–H groups in total. The number of hydrogen-bond acceptors (Lipinski definition) is 3. The van der Waals surface area contributed by atoms with Gasteiger partial charge in [-0.2, -0.15) is 5.26 Å². The fourth-order valence-electron chi connectivity index (χ4n) is 1.08. The van der Waals surface area contributed by atoms with Crippen molar-refractivity contribution in [2.45, 2.75) is 13.8 Å². The SMILES string of the molecule is COc1cc(NC(=O)C(C)(C)C#N)ccc1F. The largest absolute Gasteiger partial charge is 0.494 e. The molecule has 0 aliphatic heterocycles. The van der Waals surface area contributed by atoms with Crippen LogP contribution in [0.25, 0.3) is 0 Å². The minimum absolute atomic E-state index is 0.0394. The average Bonchev–Trinajstić information content (AvgIpc) is 2.31. The minimum Gasteiger partial charge on any atom is -0.494 e. The van der Waals surface area contributed by atoms with Gasteiger partial charge in [-0.3, -0.25) is 4.79 Å². The highest BCUT2D eigenvalue weighted by molar-refractivity contribution is 5.96. The standard InChI is InChI=1S/C12H13FN2O2/c1-12(2,7-14)11(16)15-8-4-5-9(13)10(6-8)17-3/h4-6H,1-3H3,(H,15,16). The van der Waals surface area contributed by atoms with E-state index in [9.17, 15) is 9.18 Å². The number of rotatable bonds is 3. The molecule has 0 saturated heterocycles. The van der Waals surface area contributed by atoms with Crippen LogP contribution in [0.2, 0.25) is 0 Å². The number of hydrogen-bond donors (Lipinski definition) is 1. The van der Waals surface area contributed by atoms with E-state index >= 15 is 0 Å². The summed E-state index contributed by atoms with van der Waals surface area (Å²) >= 11 is 0. The van der Waals surface area contributed by atoms with E-state index in [0.29, 0.717) is 5.69 Å². The van der Waals surface area contributed by atoms with Crippen LogP contribution in [-0.4, -0.2) is 13.0 Å². The van der Waals surface area contributed by atoms with Crippen LogP contribution >= 0.6 is 0 Å². The topological polar surface area (TPSA) is 62.1 Å². The predicted octanol–water partition coefficient (Wildman–Crippen LogP) is 2.32. The van der Waals surface area contributed by atoms with Crippen molar-refractivity contribution in [1.82, 2.24) is 0 Å². The number of benzene rings is 1. The molecule has 0 aromatic heterocycles. The summed E-state index contributed by atoms with van der Waals surface area (Å²) in [5.74, 6) is -0.920. The maximum Gasteiger partial charge on any atom is 0.244 e. The van der Waals surface area contributed by atoms with Gasteiger partial charge in [0.15, 0.2) is 11.6 Å². The Morgan fingerprint density at radius 1 is 1.53 bits per heavy atom. The molecular formula is C12H13FN2O2. The Morgan fingerprint density at radius 2 is 2.18 bits per heavy atom. The quantitative estimate of drug-likeness (QED) is 0.876. The Kier molecular flexibility index (Phi) is 3.69. The number of ether oxygens (including phenoxy) is 1. The molecule has 0 spiro atoms. The molecule has 0 unspecified atom stereocenters. The van der Waals surface area contributed by atoms with Gasteiger partial charge in [-0.15, -0.1) is 0 Å². The lowest BCUT2D eigenvalue weighted by Gasteiger charge is -2.15. The minimum atomic E-state index is -1.14. The number of nitrogens with one attached hydrogen (secondary N) is 1. The molecule has 0 bridgehead atoms. The first-order valence-corrected chi connectivity index (χ1v) is 4.97. The fourth-order valence-corrected chi connectivity index (χ4v) is 1.08. The first-order chi connectivity index (χ1) is 7.90. The van der Waals surface area contributed by atoms with Crippen molar-refractivity contribution in [1.29, 1.82) is 5.26 Å². The van der Waals surface area contributed by atoms with Gasteiger partial charge in [-0.05, 0) is 26.0 Å². The highest BCUT2D eigenvalue weighted by atomic mass is 19.1. The number of anilines is 1. The maximum atomic E-state index is 13.1. The molecular weight excluding hydrogens is 223 g/mol. The summed E-state index contributed by atoms with van der Waals surface area (Å²) in [7, 11) is 1.34. The van der Waals surface area contributed by atoms with Gasteiger partial charge >= 0.3 is 0 Å². The highest BCUT2D eigenvalue weighted by Gasteiger charge is 2.27. The third-order valence-corrected chi connectivity index (χ3v) is 2.26. The zero-order valence-electron chi connectivity index (χ0n) is 9.87. The Bertz CT molecular complexity index is 478. The summed E-state index contributed by atoms with van der Waals surface area (Å²) in [6.45, 7) is 3.01. The van der Waals surface area contributed by atoms with Crippen molar-refractivity contribution >= 4 is 11.6 Å². The van der Waals surface area contributed by atoms with Crippen molar-refractivity contribution in [2.75, 3.05) is 12.4 Å². The second-order valence-electron chi connectivity index (χ2n) is 4.04. The number of nitrogens with zero attached hydrogens (tertiary/aromatic N) is 1. The molecule has 5 heteroatoms. The van der Waals surface area contributed by atoms with Crippen LogP contribution in [0.1, 0.15) is 13.8 Å². The summed E-state index contributed by atoms with van der Waals surface area (Å²) in [5.41, 5.74) is -0.752. The van der Waals surface area contributed by atoms with E-state index in [0.717, 1.165) is 0 Å². The third kappa shape index (κ3) is 2.94. The van der Waals surface area contributed by atoms with Crippen LogP contribution in [0.15, 0.2) is 18.2 Å². The van der Waals surface area contributed by atoms with E-state index < -0.39 is 17.1 Å². The lowest BCUT2D eigenvalue weighted by atomic mass is 9.94. The van der Waals surface area contributed by atoms with Crippen molar-refractivity contribution < 1.29 is 13.9 Å². The average molecular weight is 236 g/mol. The number of carbonyl (C=O) groups is 1. The maximum absolute atomic E-state index is 13.1. The number of nitriles is 1. The van der Waals surface area contributed by atoms with Crippen molar-refractivity contribution in [3.63, 3.8) is 0 Å². The Balaban J connectivity index is 2.91. The van der Waals surface area contributed by atoms with Crippen molar-refractivity contribution in [3.05, 3.63) is 24.0 Å². The monoisotopic (exact) mass is 236 g/mol. The van der Waals surface area contributed by atoms with Gasteiger partial charge in [0.25, 0.3) is 0 Å². The van der Waals surface area contributed by atoms with E-state index in [1.165, 1.54) is 39.2 Å². The van der Waals surface area contributed by atoms with E-state index in [2.05, 4.69) is 5.32 Å². The Hall–Kier alpha value is -2.09. The molecule has 0 saturated carbocycles. The van der Waals surface area contributed by atoms with E-state index in [4.69, 9.17) is 10.00 Å². The normalized spacial score (nSPS) is 10.5. The number of methoxy groups -OCH3 is 1. The van der Waals surface area contributed by atoms with Gasteiger partial charge in [0.05, 0.1) is 13.2 Å². The Morgan fingerprint density at radius 3 is 2.71 bits per heavy atom. The van der Waals surface area contributed by atoms with Crippen LogP contribution < -0.4 is 10.1 Å². The first kappa shape index (κ1) is 13.0.